The molecule has 1 aromatic carbocycles. The number of pyridine rings is 1. The van der Waals surface area contributed by atoms with Crippen LogP contribution in [-0.2, 0) is 18.0 Å². The third-order valence-electron chi connectivity index (χ3n) is 2.97. The zero-order chi connectivity index (χ0) is 13.2. The average Bonchev–Trinajstić information content (AvgIpc) is 2.88. The van der Waals surface area contributed by atoms with Crippen LogP contribution in [0.4, 0.5) is 5.69 Å². The Morgan fingerprint density at radius 2 is 2.05 bits per heavy atom. The summed E-state index contributed by atoms with van der Waals surface area (Å²) in [7, 11) is 0. The molecule has 0 fully saturated rings. The molecule has 1 amide bonds. The van der Waals surface area contributed by atoms with Crippen molar-refractivity contribution in [3.8, 4) is 0 Å². The van der Waals surface area contributed by atoms with Gasteiger partial charge in [0.2, 0.25) is 0 Å². The summed E-state index contributed by atoms with van der Waals surface area (Å²) in [6.07, 6.45) is 1.61. The van der Waals surface area contributed by atoms with E-state index in [4.69, 9.17) is 4.74 Å². The first-order chi connectivity index (χ1) is 9.22. The van der Waals surface area contributed by atoms with Crippen LogP contribution in [0.1, 0.15) is 21.5 Å². The molecular weight excluding hydrogens is 308 g/mol. The van der Waals surface area contributed by atoms with Crippen LogP contribution in [0.5, 0.6) is 0 Å². The summed E-state index contributed by atoms with van der Waals surface area (Å²) in [6, 6.07) is 9.22. The highest BCUT2D eigenvalue weighted by Crippen LogP contribution is 2.21. The summed E-state index contributed by atoms with van der Waals surface area (Å²) in [6.45, 7) is 1.21. The Hall–Kier alpha value is -1.72. The number of carbonyl (C=O) groups is 1. The molecule has 4 nitrogen and oxygen atoms in total. The molecule has 0 aliphatic carbocycles. The predicted molar refractivity (Wildman–Crippen MR) is 74.8 cm³/mol. The van der Waals surface area contributed by atoms with Crippen LogP contribution in [0, 0.1) is 0 Å². The van der Waals surface area contributed by atoms with Gasteiger partial charge in [-0.2, -0.15) is 0 Å². The number of nitrogens with zero attached hydrogens (tertiary/aromatic N) is 1. The molecule has 0 unspecified atom stereocenters. The molecule has 0 atom stereocenters. The second-order valence-electron chi connectivity index (χ2n) is 4.30. The van der Waals surface area contributed by atoms with E-state index in [1.165, 1.54) is 0 Å². The van der Waals surface area contributed by atoms with Gasteiger partial charge in [-0.1, -0.05) is 6.07 Å². The highest BCUT2D eigenvalue weighted by Gasteiger charge is 2.14. The molecule has 2 aromatic rings. The number of fused-ring (bicyclic) bond motifs is 1. The second-order valence-corrected chi connectivity index (χ2v) is 5.11. The van der Waals surface area contributed by atoms with E-state index in [2.05, 4.69) is 26.2 Å². The number of carbonyl (C=O) groups excluding carboxylic acids is 1. The van der Waals surface area contributed by atoms with Crippen LogP contribution in [0.3, 0.4) is 0 Å². The molecule has 0 radical (unpaired) electrons. The van der Waals surface area contributed by atoms with E-state index >= 15 is 0 Å². The normalized spacial score (nSPS) is 13.1. The van der Waals surface area contributed by atoms with E-state index in [1.54, 1.807) is 18.3 Å². The zero-order valence-corrected chi connectivity index (χ0v) is 11.6. The maximum Gasteiger partial charge on any atom is 0.255 e. The molecule has 96 valence electrons. The summed E-state index contributed by atoms with van der Waals surface area (Å²) in [5.41, 5.74) is 3.54. The summed E-state index contributed by atoms with van der Waals surface area (Å²) >= 11 is 3.25. The Balaban J connectivity index is 1.78. The van der Waals surface area contributed by atoms with E-state index in [9.17, 15) is 4.79 Å². The van der Waals surface area contributed by atoms with Crippen molar-refractivity contribution < 1.29 is 9.53 Å². The van der Waals surface area contributed by atoms with Crippen LogP contribution in [-0.4, -0.2) is 10.9 Å². The monoisotopic (exact) mass is 318 g/mol. The smallest absolute Gasteiger partial charge is 0.255 e. The summed E-state index contributed by atoms with van der Waals surface area (Å²) in [4.78, 5) is 16.2. The fourth-order valence-electron chi connectivity index (χ4n) is 1.97. The van der Waals surface area contributed by atoms with Crippen LogP contribution >= 0.6 is 15.9 Å². The third-order valence-corrected chi connectivity index (χ3v) is 3.44. The third kappa shape index (κ3) is 2.67. The second kappa shape index (κ2) is 5.11. The van der Waals surface area contributed by atoms with Gasteiger partial charge in [-0.15, -0.1) is 0 Å². The van der Waals surface area contributed by atoms with Gasteiger partial charge in [0.15, 0.2) is 0 Å². The minimum atomic E-state index is -0.140. The fraction of sp³-hybridized carbons (Fsp3) is 0.143. The number of hydrogen-bond donors (Lipinski definition) is 1. The number of hydrogen-bond acceptors (Lipinski definition) is 3. The van der Waals surface area contributed by atoms with Gasteiger partial charge in [-0.05, 0) is 51.3 Å². The van der Waals surface area contributed by atoms with Crippen molar-refractivity contribution in [2.45, 2.75) is 13.2 Å². The summed E-state index contributed by atoms with van der Waals surface area (Å²) in [5, 5.41) is 2.81. The predicted octanol–water partition coefficient (Wildman–Crippen LogP) is 3.13. The van der Waals surface area contributed by atoms with E-state index in [0.29, 0.717) is 24.5 Å². The first kappa shape index (κ1) is 12.3. The van der Waals surface area contributed by atoms with Crippen LogP contribution in [0.15, 0.2) is 41.1 Å². The number of halogens is 1. The molecule has 0 spiro atoms. The molecule has 0 saturated carbocycles. The lowest BCUT2D eigenvalue weighted by atomic mass is 10.1. The van der Waals surface area contributed by atoms with Crippen LogP contribution in [0.2, 0.25) is 0 Å². The van der Waals surface area contributed by atoms with Crippen molar-refractivity contribution in [1.82, 2.24) is 4.98 Å². The molecule has 2 heterocycles. The van der Waals surface area contributed by atoms with Crippen molar-refractivity contribution in [1.29, 1.82) is 0 Å². The molecule has 19 heavy (non-hydrogen) atoms. The largest absolute Gasteiger partial charge is 0.372 e. The lowest BCUT2D eigenvalue weighted by molar-refractivity contribution is 0.102. The van der Waals surface area contributed by atoms with Gasteiger partial charge in [0.1, 0.15) is 4.60 Å². The molecule has 3 rings (SSSR count). The van der Waals surface area contributed by atoms with Gasteiger partial charge in [0.25, 0.3) is 5.91 Å². The van der Waals surface area contributed by atoms with Gasteiger partial charge in [-0.25, -0.2) is 4.98 Å². The van der Waals surface area contributed by atoms with Crippen molar-refractivity contribution >= 4 is 27.5 Å². The van der Waals surface area contributed by atoms with E-state index in [1.807, 2.05) is 18.2 Å². The number of rotatable bonds is 2. The van der Waals surface area contributed by atoms with Crippen molar-refractivity contribution in [3.63, 3.8) is 0 Å². The number of anilines is 1. The van der Waals surface area contributed by atoms with Crippen LogP contribution < -0.4 is 5.32 Å². The Kier molecular flexibility index (Phi) is 3.31. The number of benzene rings is 1. The summed E-state index contributed by atoms with van der Waals surface area (Å²) < 4.78 is 6.07. The fourth-order valence-corrected chi connectivity index (χ4v) is 2.20. The first-order valence-corrected chi connectivity index (χ1v) is 6.64. The zero-order valence-electron chi connectivity index (χ0n) is 10.0. The van der Waals surface area contributed by atoms with Gasteiger partial charge in [0, 0.05) is 5.56 Å². The van der Waals surface area contributed by atoms with Gasteiger partial charge in [-0.3, -0.25) is 4.79 Å². The topological polar surface area (TPSA) is 51.2 Å². The van der Waals surface area contributed by atoms with E-state index in [-0.39, 0.29) is 5.91 Å². The summed E-state index contributed by atoms with van der Waals surface area (Å²) in [5.74, 6) is -0.140. The lowest BCUT2D eigenvalue weighted by Crippen LogP contribution is -2.12. The van der Waals surface area contributed by atoms with Crippen molar-refractivity contribution in [2.75, 3.05) is 5.32 Å². The standard InChI is InChI=1S/C14H11BrN2O2/c15-13-4-3-12(6-16-13)17-14(18)9-1-2-10-7-19-8-11(10)5-9/h1-6H,7-8H2,(H,17,18). The number of amides is 1. The Morgan fingerprint density at radius 1 is 1.21 bits per heavy atom. The van der Waals surface area contributed by atoms with Crippen molar-refractivity contribution in [2.24, 2.45) is 0 Å². The Labute approximate surface area is 118 Å². The number of nitrogens with one attached hydrogen (secondary N) is 1. The Bertz CT molecular complexity index is 626. The maximum atomic E-state index is 12.1. The minimum Gasteiger partial charge on any atom is -0.372 e. The molecule has 1 aromatic heterocycles. The minimum absolute atomic E-state index is 0.140. The lowest BCUT2D eigenvalue weighted by Gasteiger charge is -2.06. The molecule has 0 saturated heterocycles. The molecule has 0 bridgehead atoms. The first-order valence-electron chi connectivity index (χ1n) is 5.85. The molecule has 1 N–H and O–H groups in total. The number of ether oxygens (including phenoxy) is 1. The van der Waals surface area contributed by atoms with Crippen LogP contribution in [0.25, 0.3) is 0 Å². The number of aromatic nitrogens is 1. The van der Waals surface area contributed by atoms with E-state index in [0.717, 1.165) is 15.7 Å². The van der Waals surface area contributed by atoms with Gasteiger partial charge in [0.05, 0.1) is 25.1 Å². The SMILES string of the molecule is O=C(Nc1ccc(Br)nc1)c1ccc2c(c1)COC2. The quantitative estimate of drug-likeness (QED) is 0.865. The highest BCUT2D eigenvalue weighted by atomic mass is 79.9. The molecule has 5 heteroatoms. The average molecular weight is 319 g/mol. The maximum absolute atomic E-state index is 12.1. The van der Waals surface area contributed by atoms with Gasteiger partial charge >= 0.3 is 0 Å². The Morgan fingerprint density at radius 3 is 2.84 bits per heavy atom. The molecular formula is C14H11BrN2O2. The van der Waals surface area contributed by atoms with E-state index < -0.39 is 0 Å². The van der Waals surface area contributed by atoms with Gasteiger partial charge < -0.3 is 10.1 Å². The highest BCUT2D eigenvalue weighted by molar-refractivity contribution is 9.10. The van der Waals surface area contributed by atoms with Crippen molar-refractivity contribution in [3.05, 3.63) is 57.8 Å². The molecule has 1 aliphatic rings. The molecule has 1 aliphatic heterocycles.